The smallest absolute Gasteiger partial charge is 0.309 e. The summed E-state index contributed by atoms with van der Waals surface area (Å²) in [5.74, 6) is 0.210. The Kier molecular flexibility index (Phi) is 4.81. The predicted octanol–water partition coefficient (Wildman–Crippen LogP) is 4.87. The molecule has 1 aliphatic heterocycles. The van der Waals surface area contributed by atoms with E-state index in [9.17, 15) is 19.8 Å². The van der Waals surface area contributed by atoms with Crippen LogP contribution >= 0.6 is 0 Å². The van der Waals surface area contributed by atoms with Crippen LogP contribution in [0, 0.1) is 34.5 Å². The van der Waals surface area contributed by atoms with Gasteiger partial charge in [0.25, 0.3) is 0 Å². The molecule has 1 aromatic carbocycles. The Balaban J connectivity index is 1.52. The first-order chi connectivity index (χ1) is 14.7. The molecule has 3 fully saturated rings. The molecule has 0 spiro atoms. The Labute approximate surface area is 183 Å². The molecule has 4 aliphatic rings. The fourth-order valence-electron chi connectivity index (χ4n) is 7.48. The van der Waals surface area contributed by atoms with Crippen molar-refractivity contribution in [2.45, 2.75) is 64.9 Å². The summed E-state index contributed by atoms with van der Waals surface area (Å²) in [5, 5.41) is 23.7. The van der Waals surface area contributed by atoms with Crippen molar-refractivity contribution in [3.05, 3.63) is 41.6 Å². The van der Waals surface area contributed by atoms with Gasteiger partial charge >= 0.3 is 5.97 Å². The lowest BCUT2D eigenvalue weighted by Crippen LogP contribution is -2.55. The van der Waals surface area contributed by atoms with Crippen LogP contribution in [0.15, 0.2) is 36.0 Å². The van der Waals surface area contributed by atoms with Gasteiger partial charge in [-0.1, -0.05) is 25.1 Å². The summed E-state index contributed by atoms with van der Waals surface area (Å²) in [6, 6.07) is 7.48. The molecule has 1 heterocycles. The summed E-state index contributed by atoms with van der Waals surface area (Å²) in [6.07, 6.45) is 8.04. The van der Waals surface area contributed by atoms with E-state index >= 15 is 0 Å². The highest BCUT2D eigenvalue weighted by Gasteiger charge is 2.58. The van der Waals surface area contributed by atoms with Gasteiger partial charge in [0.05, 0.1) is 17.2 Å². The van der Waals surface area contributed by atoms with E-state index in [4.69, 9.17) is 0 Å². The van der Waals surface area contributed by atoms with Crippen molar-refractivity contribution in [2.24, 2.45) is 34.5 Å². The van der Waals surface area contributed by atoms with E-state index in [-0.39, 0.29) is 29.1 Å². The largest absolute Gasteiger partial charge is 0.481 e. The molecule has 0 saturated heterocycles. The Hall–Kier alpha value is -2.14. The molecule has 0 radical (unpaired) electrons. The number of carbonyl (C=O) groups excluding carboxylic acids is 1. The fourth-order valence-corrected chi connectivity index (χ4v) is 7.48. The van der Waals surface area contributed by atoms with E-state index < -0.39 is 11.4 Å². The third kappa shape index (κ3) is 3.07. The minimum absolute atomic E-state index is 0.0360. The number of allylic oxidation sites excluding steroid dienone is 2. The number of fused-ring (bicyclic) bond motifs is 4. The van der Waals surface area contributed by atoms with Crippen molar-refractivity contribution in [2.75, 3.05) is 5.32 Å². The monoisotopic (exact) mass is 423 g/mol. The van der Waals surface area contributed by atoms with Crippen LogP contribution in [0.2, 0.25) is 0 Å². The van der Waals surface area contributed by atoms with E-state index in [1.807, 2.05) is 37.3 Å². The first-order valence-corrected chi connectivity index (χ1v) is 11.8. The number of aliphatic hydroxyl groups is 1. The van der Waals surface area contributed by atoms with Crippen LogP contribution in [-0.4, -0.2) is 28.1 Å². The summed E-state index contributed by atoms with van der Waals surface area (Å²) >= 11 is 0. The van der Waals surface area contributed by atoms with Crippen molar-refractivity contribution in [3.63, 3.8) is 0 Å². The third-order valence-corrected chi connectivity index (χ3v) is 9.41. The number of anilines is 1. The number of carboxylic acids is 1. The second-order valence-corrected chi connectivity index (χ2v) is 10.8. The van der Waals surface area contributed by atoms with E-state index in [0.29, 0.717) is 29.5 Å². The standard InChI is InChI=1S/C26H33NO4/c1-25-11-9-16(28)13-15(25)7-8-17-19(25)10-12-26(2,24(30)31)20(17)14-22-23(29)18-5-3-4-6-21(18)27-22/h3-6,14-17,19-20,27-28H,7-13H2,1-2H3,(H,30,31)/b22-14+/t15-,16+,17-,19-,20+,25-,26-/m0/s1. The second kappa shape index (κ2) is 7.19. The average molecular weight is 424 g/mol. The van der Waals surface area contributed by atoms with Crippen molar-refractivity contribution in [1.82, 2.24) is 0 Å². The predicted molar refractivity (Wildman–Crippen MR) is 119 cm³/mol. The quantitative estimate of drug-likeness (QED) is 0.591. The van der Waals surface area contributed by atoms with Crippen LogP contribution in [0.1, 0.15) is 69.2 Å². The van der Waals surface area contributed by atoms with Crippen molar-refractivity contribution in [1.29, 1.82) is 0 Å². The first kappa shape index (κ1) is 20.7. The second-order valence-electron chi connectivity index (χ2n) is 10.8. The van der Waals surface area contributed by atoms with Gasteiger partial charge in [0, 0.05) is 11.3 Å². The number of Topliss-reactive ketones (excluding diaryl/α,β-unsaturated/α-hetero) is 1. The number of rotatable bonds is 2. The molecule has 5 nitrogen and oxygen atoms in total. The van der Waals surface area contributed by atoms with Crippen LogP contribution in [0.3, 0.4) is 0 Å². The summed E-state index contributed by atoms with van der Waals surface area (Å²) in [7, 11) is 0. The number of ketones is 1. The topological polar surface area (TPSA) is 86.6 Å². The Morgan fingerprint density at radius 3 is 2.65 bits per heavy atom. The number of carbonyl (C=O) groups is 2. The number of aliphatic hydroxyl groups excluding tert-OH is 1. The Bertz CT molecular complexity index is 954. The van der Waals surface area contributed by atoms with Crippen molar-refractivity contribution >= 4 is 17.4 Å². The molecule has 31 heavy (non-hydrogen) atoms. The molecule has 0 aromatic heterocycles. The number of aliphatic carboxylic acids is 1. The summed E-state index contributed by atoms with van der Waals surface area (Å²) in [6.45, 7) is 4.25. The lowest BCUT2D eigenvalue weighted by Gasteiger charge is -2.60. The van der Waals surface area contributed by atoms with Gasteiger partial charge in [-0.25, -0.2) is 0 Å². The molecule has 5 heteroatoms. The highest BCUT2D eigenvalue weighted by atomic mass is 16.4. The molecular formula is C26H33NO4. The maximum atomic E-state index is 13.0. The number of carboxylic acid groups (broad SMARTS) is 1. The first-order valence-electron chi connectivity index (χ1n) is 11.8. The number of benzene rings is 1. The van der Waals surface area contributed by atoms with Gasteiger partial charge in [0.1, 0.15) is 0 Å². The van der Waals surface area contributed by atoms with Crippen LogP contribution < -0.4 is 5.32 Å². The molecule has 3 aliphatic carbocycles. The molecule has 166 valence electrons. The van der Waals surface area contributed by atoms with Gasteiger partial charge < -0.3 is 15.5 Å². The van der Waals surface area contributed by atoms with Crippen LogP contribution in [0.4, 0.5) is 5.69 Å². The lowest BCUT2D eigenvalue weighted by atomic mass is 9.44. The zero-order valence-corrected chi connectivity index (χ0v) is 18.4. The SMILES string of the molecule is C[C@]12CC[C@@H](O)C[C@@H]1CC[C@@H]1[C@@H](/C=C3/Nc4ccccc4C3=O)[C@@](C)(C(=O)O)CC[C@@H]12. The minimum atomic E-state index is -0.873. The lowest BCUT2D eigenvalue weighted by molar-refractivity contribution is -0.164. The normalized spacial score (nSPS) is 43.0. The van der Waals surface area contributed by atoms with Crippen LogP contribution in [0.25, 0.3) is 0 Å². The molecule has 3 saturated carbocycles. The van der Waals surface area contributed by atoms with Crippen molar-refractivity contribution < 1.29 is 19.8 Å². The number of nitrogens with one attached hydrogen (secondary N) is 1. The zero-order chi connectivity index (χ0) is 22.0. The van der Waals surface area contributed by atoms with Crippen LogP contribution in [0.5, 0.6) is 0 Å². The van der Waals surface area contributed by atoms with Gasteiger partial charge in [0.2, 0.25) is 5.78 Å². The number of para-hydroxylation sites is 1. The third-order valence-electron chi connectivity index (χ3n) is 9.41. The van der Waals surface area contributed by atoms with Crippen LogP contribution in [-0.2, 0) is 4.79 Å². The summed E-state index contributed by atoms with van der Waals surface area (Å²) in [4.78, 5) is 25.5. The highest BCUT2D eigenvalue weighted by Crippen LogP contribution is 2.63. The highest BCUT2D eigenvalue weighted by molar-refractivity contribution is 6.18. The maximum Gasteiger partial charge on any atom is 0.309 e. The molecule has 0 bridgehead atoms. The average Bonchev–Trinajstić information content (AvgIpc) is 3.06. The van der Waals surface area contributed by atoms with Gasteiger partial charge in [0.15, 0.2) is 0 Å². The van der Waals surface area contributed by atoms with E-state index in [1.165, 1.54) is 0 Å². The number of hydrogen-bond acceptors (Lipinski definition) is 4. The van der Waals surface area contributed by atoms with Crippen molar-refractivity contribution in [3.8, 4) is 0 Å². The summed E-state index contributed by atoms with van der Waals surface area (Å²) in [5.41, 5.74) is 1.28. The van der Waals surface area contributed by atoms with E-state index in [1.54, 1.807) is 0 Å². The molecule has 0 amide bonds. The van der Waals surface area contributed by atoms with Gasteiger partial charge in [-0.15, -0.1) is 0 Å². The fraction of sp³-hybridized carbons (Fsp3) is 0.615. The number of hydrogen-bond donors (Lipinski definition) is 3. The zero-order valence-electron chi connectivity index (χ0n) is 18.4. The molecular weight excluding hydrogens is 390 g/mol. The molecule has 5 rings (SSSR count). The van der Waals surface area contributed by atoms with Gasteiger partial charge in [-0.2, -0.15) is 0 Å². The molecule has 0 unspecified atom stereocenters. The Morgan fingerprint density at radius 1 is 1.13 bits per heavy atom. The molecule has 1 aromatic rings. The van der Waals surface area contributed by atoms with Gasteiger partial charge in [-0.05, 0) is 93.1 Å². The Morgan fingerprint density at radius 2 is 1.90 bits per heavy atom. The molecule has 7 atom stereocenters. The maximum absolute atomic E-state index is 13.0. The van der Waals surface area contributed by atoms with E-state index in [2.05, 4.69) is 12.2 Å². The summed E-state index contributed by atoms with van der Waals surface area (Å²) < 4.78 is 0. The van der Waals surface area contributed by atoms with Gasteiger partial charge in [-0.3, -0.25) is 9.59 Å². The van der Waals surface area contributed by atoms with E-state index in [0.717, 1.165) is 44.2 Å². The minimum Gasteiger partial charge on any atom is -0.481 e. The molecule has 3 N–H and O–H groups in total.